The summed E-state index contributed by atoms with van der Waals surface area (Å²) in [6.45, 7) is 9.38. The van der Waals surface area contributed by atoms with E-state index in [1.165, 1.54) is 0 Å². The lowest BCUT2D eigenvalue weighted by atomic mass is 10.3. The Morgan fingerprint density at radius 2 is 0.833 bits per heavy atom. The highest BCUT2D eigenvalue weighted by atomic mass is 16.6. The van der Waals surface area contributed by atoms with Crippen molar-refractivity contribution >= 4 is 11.8 Å². The summed E-state index contributed by atoms with van der Waals surface area (Å²) in [5.41, 5.74) is 0. The molecule has 10 nitrogen and oxygen atoms in total. The van der Waals surface area contributed by atoms with Crippen LogP contribution in [0.3, 0.4) is 0 Å². The molecule has 0 aliphatic heterocycles. The normalized spacial score (nSPS) is 11.0. The van der Waals surface area contributed by atoms with Gasteiger partial charge in [0.15, 0.2) is 5.78 Å². The minimum absolute atomic E-state index is 0.0565. The molecule has 0 aliphatic carbocycles. The van der Waals surface area contributed by atoms with Gasteiger partial charge in [0.25, 0.3) is 0 Å². The lowest BCUT2D eigenvalue weighted by molar-refractivity contribution is -0.149. The molecule has 0 aromatic carbocycles. The van der Waals surface area contributed by atoms with E-state index in [9.17, 15) is 9.59 Å². The van der Waals surface area contributed by atoms with E-state index in [2.05, 4.69) is 0 Å². The molecule has 0 saturated carbocycles. The van der Waals surface area contributed by atoms with Crippen LogP contribution in [0, 0.1) is 0 Å². The number of hydrogen-bond donors (Lipinski definition) is 0. The van der Waals surface area contributed by atoms with Gasteiger partial charge >= 0.3 is 5.97 Å². The molecule has 0 bridgehead atoms. The van der Waals surface area contributed by atoms with E-state index in [1.807, 2.05) is 6.92 Å². The van der Waals surface area contributed by atoms with Crippen LogP contribution in [0.2, 0.25) is 0 Å². The molecule has 0 aliphatic rings. The van der Waals surface area contributed by atoms with Crippen molar-refractivity contribution in [2.75, 3.05) is 99.1 Å². The Morgan fingerprint density at radius 3 is 1.17 bits per heavy atom. The molecular formula is C20H38O10. The van der Waals surface area contributed by atoms with Crippen LogP contribution in [0.4, 0.5) is 0 Å². The predicted octanol–water partition coefficient (Wildman–Crippen LogP) is 0.645. The van der Waals surface area contributed by atoms with Gasteiger partial charge < -0.3 is 37.9 Å². The average molecular weight is 439 g/mol. The van der Waals surface area contributed by atoms with Crippen molar-refractivity contribution in [1.29, 1.82) is 0 Å². The summed E-state index contributed by atoms with van der Waals surface area (Å²) >= 11 is 0. The Balaban J connectivity index is 3.06. The summed E-state index contributed by atoms with van der Waals surface area (Å²) in [6.07, 6.45) is 0.494. The monoisotopic (exact) mass is 438 g/mol. The van der Waals surface area contributed by atoms with Gasteiger partial charge in [0.1, 0.15) is 13.2 Å². The zero-order chi connectivity index (χ0) is 22.1. The van der Waals surface area contributed by atoms with Crippen LogP contribution in [0.15, 0.2) is 0 Å². The van der Waals surface area contributed by atoms with E-state index < -0.39 is 0 Å². The second-order valence-electron chi connectivity index (χ2n) is 5.86. The number of ether oxygens (including phenoxy) is 8. The Hall–Kier alpha value is -1.14. The molecule has 0 heterocycles. The van der Waals surface area contributed by atoms with E-state index in [4.69, 9.17) is 37.9 Å². The molecule has 0 amide bonds. The molecular weight excluding hydrogens is 400 g/mol. The standard InChI is InChI=1S/C20H38O10/c1-3-19(21)17-28-15-13-26-11-9-24-7-5-23-6-8-25-10-12-27-14-16-29-18-20(22)30-4-2/h3-18H2,1-2H3. The van der Waals surface area contributed by atoms with Gasteiger partial charge in [-0.25, -0.2) is 4.79 Å². The van der Waals surface area contributed by atoms with E-state index in [1.54, 1.807) is 6.92 Å². The van der Waals surface area contributed by atoms with E-state index in [-0.39, 0.29) is 25.0 Å². The van der Waals surface area contributed by atoms with E-state index in [0.29, 0.717) is 92.3 Å². The highest BCUT2D eigenvalue weighted by molar-refractivity contribution is 5.79. The van der Waals surface area contributed by atoms with Gasteiger partial charge in [-0.3, -0.25) is 4.79 Å². The first-order valence-electron chi connectivity index (χ1n) is 10.4. The number of carbonyl (C=O) groups excluding carboxylic acids is 2. The number of ketones is 1. The molecule has 0 saturated heterocycles. The third kappa shape index (κ3) is 23.1. The fraction of sp³-hybridized carbons (Fsp3) is 0.900. The molecule has 0 rings (SSSR count). The second kappa shape index (κ2) is 24.1. The van der Waals surface area contributed by atoms with Gasteiger partial charge in [0.2, 0.25) is 0 Å². The van der Waals surface area contributed by atoms with Gasteiger partial charge in [0, 0.05) is 6.42 Å². The van der Waals surface area contributed by atoms with Crippen LogP contribution >= 0.6 is 0 Å². The van der Waals surface area contributed by atoms with E-state index >= 15 is 0 Å². The molecule has 0 radical (unpaired) electrons. The first-order chi connectivity index (χ1) is 14.7. The summed E-state index contributed by atoms with van der Waals surface area (Å²) in [5.74, 6) is -0.283. The van der Waals surface area contributed by atoms with Crippen molar-refractivity contribution in [1.82, 2.24) is 0 Å². The highest BCUT2D eigenvalue weighted by Gasteiger charge is 2.00. The fourth-order valence-corrected chi connectivity index (χ4v) is 1.86. The van der Waals surface area contributed by atoms with E-state index in [0.717, 1.165) is 0 Å². The number of carbonyl (C=O) groups is 2. The highest BCUT2D eigenvalue weighted by Crippen LogP contribution is 1.87. The lowest BCUT2D eigenvalue weighted by Gasteiger charge is -2.08. The first kappa shape index (κ1) is 28.9. The molecule has 0 spiro atoms. The van der Waals surface area contributed by atoms with Crippen LogP contribution in [0.1, 0.15) is 20.3 Å². The third-order valence-corrected chi connectivity index (χ3v) is 3.41. The molecule has 0 atom stereocenters. The molecule has 0 aromatic heterocycles. The van der Waals surface area contributed by atoms with Crippen molar-refractivity contribution in [3.63, 3.8) is 0 Å². The second-order valence-corrected chi connectivity index (χ2v) is 5.86. The molecule has 0 N–H and O–H groups in total. The fourth-order valence-electron chi connectivity index (χ4n) is 1.86. The Bertz CT molecular complexity index is 392. The molecule has 178 valence electrons. The van der Waals surface area contributed by atoms with Crippen molar-refractivity contribution in [3.8, 4) is 0 Å². The summed E-state index contributed by atoms with van der Waals surface area (Å²) in [4.78, 5) is 22.0. The first-order valence-corrected chi connectivity index (χ1v) is 10.4. The molecule has 30 heavy (non-hydrogen) atoms. The van der Waals surface area contributed by atoms with Crippen molar-refractivity contribution < 1.29 is 47.5 Å². The summed E-state index contributed by atoms with van der Waals surface area (Å²) in [7, 11) is 0. The maximum Gasteiger partial charge on any atom is 0.332 e. The molecule has 0 unspecified atom stereocenters. The third-order valence-electron chi connectivity index (χ3n) is 3.41. The number of Topliss-reactive ketones (excluding diaryl/α,β-unsaturated/α-hetero) is 1. The van der Waals surface area contributed by atoms with Crippen molar-refractivity contribution in [2.45, 2.75) is 20.3 Å². The van der Waals surface area contributed by atoms with Crippen molar-refractivity contribution in [3.05, 3.63) is 0 Å². The van der Waals surface area contributed by atoms with Crippen molar-refractivity contribution in [2.24, 2.45) is 0 Å². The maximum absolute atomic E-state index is 11.0. The van der Waals surface area contributed by atoms with Crippen LogP contribution in [0.5, 0.6) is 0 Å². The zero-order valence-corrected chi connectivity index (χ0v) is 18.4. The zero-order valence-electron chi connectivity index (χ0n) is 18.4. The molecule has 0 fully saturated rings. The average Bonchev–Trinajstić information content (AvgIpc) is 2.74. The summed E-state index contributed by atoms with van der Waals surface area (Å²) in [6, 6.07) is 0. The Morgan fingerprint density at radius 1 is 0.500 bits per heavy atom. The maximum atomic E-state index is 11.0. The van der Waals surface area contributed by atoms with Gasteiger partial charge in [0.05, 0.1) is 85.9 Å². The Kier molecular flexibility index (Phi) is 23.2. The lowest BCUT2D eigenvalue weighted by Crippen LogP contribution is -2.16. The smallest absolute Gasteiger partial charge is 0.332 e. The SMILES string of the molecule is CCOC(=O)COCCOCCOCCOCCOCCOCCOCC(=O)CC. The number of hydrogen-bond acceptors (Lipinski definition) is 10. The topological polar surface area (TPSA) is 108 Å². The Labute approximate surface area is 179 Å². The van der Waals surface area contributed by atoms with Crippen LogP contribution in [-0.4, -0.2) is 111 Å². The predicted molar refractivity (Wildman–Crippen MR) is 108 cm³/mol. The summed E-state index contributed by atoms with van der Waals surface area (Å²) < 4.78 is 41.7. The largest absolute Gasteiger partial charge is 0.464 e. The van der Waals surface area contributed by atoms with Gasteiger partial charge in [-0.05, 0) is 6.92 Å². The van der Waals surface area contributed by atoms with Gasteiger partial charge in [-0.15, -0.1) is 0 Å². The minimum Gasteiger partial charge on any atom is -0.464 e. The van der Waals surface area contributed by atoms with Crippen LogP contribution < -0.4 is 0 Å². The minimum atomic E-state index is -0.373. The van der Waals surface area contributed by atoms with Gasteiger partial charge in [-0.2, -0.15) is 0 Å². The van der Waals surface area contributed by atoms with Crippen LogP contribution in [-0.2, 0) is 47.5 Å². The number of rotatable bonds is 24. The summed E-state index contributed by atoms with van der Waals surface area (Å²) in [5, 5.41) is 0. The van der Waals surface area contributed by atoms with Gasteiger partial charge in [-0.1, -0.05) is 6.92 Å². The molecule has 10 heteroatoms. The quantitative estimate of drug-likeness (QED) is 0.157. The van der Waals surface area contributed by atoms with Crippen LogP contribution in [0.25, 0.3) is 0 Å². The number of esters is 1. The molecule has 0 aromatic rings.